The molecule has 0 spiro atoms. The van der Waals surface area contributed by atoms with Gasteiger partial charge in [0.05, 0.1) is 0 Å². The number of aromatic nitrogens is 1. The summed E-state index contributed by atoms with van der Waals surface area (Å²) in [4.78, 5) is 38.6. The number of carbonyl (C=O) groups is 3. The Morgan fingerprint density at radius 3 is 2.16 bits per heavy atom. The van der Waals surface area contributed by atoms with Crippen molar-refractivity contribution in [3.8, 4) is 0 Å². The zero-order valence-corrected chi connectivity index (χ0v) is 11.7. The molecule has 1 heterocycles. The molecule has 0 saturated carbocycles. The molecule has 0 aliphatic carbocycles. The molecule has 6 heteroatoms. The van der Waals surface area contributed by atoms with Gasteiger partial charge in [-0.3, -0.25) is 9.59 Å². The first-order chi connectivity index (χ1) is 8.68. The van der Waals surface area contributed by atoms with E-state index in [9.17, 15) is 14.4 Å². The molecule has 0 aliphatic rings. The van der Waals surface area contributed by atoms with Crippen LogP contribution < -0.4 is 0 Å². The number of nitrogens with zero attached hydrogens (tertiary/aromatic N) is 1. The van der Waals surface area contributed by atoms with Gasteiger partial charge in [-0.25, -0.2) is 4.79 Å². The van der Waals surface area contributed by atoms with Gasteiger partial charge in [0.25, 0.3) is 5.91 Å². The number of rotatable bonds is 4. The van der Waals surface area contributed by atoms with E-state index in [0.29, 0.717) is 16.8 Å². The number of carbonyl (C=O) groups excluding carboxylic acids is 2. The number of hydrogen-bond donors (Lipinski definition) is 2. The predicted molar refractivity (Wildman–Crippen MR) is 69.5 cm³/mol. The quantitative estimate of drug-likeness (QED) is 0.805. The van der Waals surface area contributed by atoms with E-state index in [1.807, 2.05) is 0 Å². The number of Topliss-reactive ketones (excluding diaryl/α,β-unsaturated/α-hetero) is 1. The lowest BCUT2D eigenvalue weighted by atomic mass is 10.1. The number of H-pyrrole nitrogens is 1. The van der Waals surface area contributed by atoms with Crippen molar-refractivity contribution in [3.63, 3.8) is 0 Å². The molecule has 0 fully saturated rings. The SMILES string of the molecule is CC(=O)c1c(C)[nH]c(C(=O)N(C)C(C)C(=O)O)c1C. The summed E-state index contributed by atoms with van der Waals surface area (Å²) in [5, 5.41) is 8.91. The Morgan fingerprint density at radius 2 is 1.79 bits per heavy atom. The van der Waals surface area contributed by atoms with Crippen LogP contribution in [0.5, 0.6) is 0 Å². The second-order valence-corrected chi connectivity index (χ2v) is 4.61. The summed E-state index contributed by atoms with van der Waals surface area (Å²) in [5.41, 5.74) is 1.92. The van der Waals surface area contributed by atoms with Crippen molar-refractivity contribution < 1.29 is 19.5 Å². The zero-order chi connectivity index (χ0) is 14.9. The summed E-state index contributed by atoms with van der Waals surface area (Å²) < 4.78 is 0. The molecule has 0 saturated heterocycles. The summed E-state index contributed by atoms with van der Waals surface area (Å²) >= 11 is 0. The van der Waals surface area contributed by atoms with Crippen LogP contribution in [0.4, 0.5) is 0 Å². The van der Waals surface area contributed by atoms with Gasteiger partial charge in [-0.2, -0.15) is 0 Å². The molecule has 1 amide bonds. The lowest BCUT2D eigenvalue weighted by Gasteiger charge is -2.21. The molecule has 1 aromatic rings. The number of likely N-dealkylation sites (N-methyl/N-ethyl adjacent to an activating group) is 1. The molecule has 1 atom stereocenters. The van der Waals surface area contributed by atoms with E-state index in [2.05, 4.69) is 4.98 Å². The van der Waals surface area contributed by atoms with Crippen molar-refractivity contribution in [3.05, 3.63) is 22.5 Å². The first kappa shape index (κ1) is 14.9. The predicted octanol–water partition coefficient (Wildman–Crippen LogP) is 1.38. The van der Waals surface area contributed by atoms with Crippen LogP contribution in [0.25, 0.3) is 0 Å². The van der Waals surface area contributed by atoms with Gasteiger partial charge in [0.1, 0.15) is 11.7 Å². The zero-order valence-electron chi connectivity index (χ0n) is 11.7. The second kappa shape index (κ2) is 5.26. The molecule has 0 bridgehead atoms. The largest absolute Gasteiger partial charge is 0.480 e. The van der Waals surface area contributed by atoms with Crippen LogP contribution in [0.2, 0.25) is 0 Å². The number of carboxylic acids is 1. The number of amides is 1. The number of carboxylic acid groups (broad SMARTS) is 1. The van der Waals surface area contributed by atoms with Crippen LogP contribution in [0.3, 0.4) is 0 Å². The average Bonchev–Trinajstić information content (AvgIpc) is 2.61. The van der Waals surface area contributed by atoms with Gasteiger partial charge in [-0.05, 0) is 33.3 Å². The molecular weight excluding hydrogens is 248 g/mol. The fourth-order valence-electron chi connectivity index (χ4n) is 2.01. The van der Waals surface area contributed by atoms with Crippen molar-refractivity contribution in [1.29, 1.82) is 0 Å². The lowest BCUT2D eigenvalue weighted by Crippen LogP contribution is -2.40. The third kappa shape index (κ3) is 2.67. The maximum atomic E-state index is 12.2. The van der Waals surface area contributed by atoms with Crippen molar-refractivity contribution in [2.75, 3.05) is 7.05 Å². The van der Waals surface area contributed by atoms with Gasteiger partial charge in [-0.1, -0.05) is 0 Å². The van der Waals surface area contributed by atoms with Crippen LogP contribution in [0, 0.1) is 13.8 Å². The van der Waals surface area contributed by atoms with Crippen LogP contribution in [0.1, 0.15) is 46.0 Å². The van der Waals surface area contributed by atoms with Crippen molar-refractivity contribution in [1.82, 2.24) is 9.88 Å². The van der Waals surface area contributed by atoms with Crippen LogP contribution in [-0.4, -0.2) is 45.7 Å². The van der Waals surface area contributed by atoms with Crippen molar-refractivity contribution >= 4 is 17.7 Å². The minimum absolute atomic E-state index is 0.126. The standard InChI is InChI=1S/C13H18N2O4/c1-6-10(9(4)16)7(2)14-11(6)12(17)15(5)8(3)13(18)19/h8,14H,1-5H3,(H,18,19). The summed E-state index contributed by atoms with van der Waals surface area (Å²) in [7, 11) is 1.42. The van der Waals surface area contributed by atoms with Crippen molar-refractivity contribution in [2.24, 2.45) is 0 Å². The molecule has 104 valence electrons. The summed E-state index contributed by atoms with van der Waals surface area (Å²) in [6, 6.07) is -0.934. The topological polar surface area (TPSA) is 90.5 Å². The Morgan fingerprint density at radius 1 is 1.26 bits per heavy atom. The summed E-state index contributed by atoms with van der Waals surface area (Å²) in [6.07, 6.45) is 0. The molecule has 19 heavy (non-hydrogen) atoms. The minimum atomic E-state index is -1.08. The Balaban J connectivity index is 3.18. The highest BCUT2D eigenvalue weighted by Crippen LogP contribution is 2.20. The third-order valence-electron chi connectivity index (χ3n) is 3.26. The molecule has 6 nitrogen and oxygen atoms in total. The first-order valence-electron chi connectivity index (χ1n) is 5.88. The normalized spacial score (nSPS) is 12.1. The van der Waals surface area contributed by atoms with Gasteiger partial charge in [0.2, 0.25) is 0 Å². The van der Waals surface area contributed by atoms with Gasteiger partial charge in [-0.15, -0.1) is 0 Å². The number of nitrogens with one attached hydrogen (secondary N) is 1. The number of ketones is 1. The molecule has 1 rings (SSSR count). The molecule has 0 aliphatic heterocycles. The van der Waals surface area contributed by atoms with E-state index in [1.165, 1.54) is 20.9 Å². The number of aryl methyl sites for hydroxylation is 1. The molecule has 0 aromatic carbocycles. The Bertz CT molecular complexity index is 545. The second-order valence-electron chi connectivity index (χ2n) is 4.61. The Kier molecular flexibility index (Phi) is 4.14. The third-order valence-corrected chi connectivity index (χ3v) is 3.26. The van der Waals surface area contributed by atoms with Crippen LogP contribution in [-0.2, 0) is 4.79 Å². The van der Waals surface area contributed by atoms with E-state index in [4.69, 9.17) is 5.11 Å². The van der Waals surface area contributed by atoms with Crippen LogP contribution in [0.15, 0.2) is 0 Å². The number of aromatic amines is 1. The maximum Gasteiger partial charge on any atom is 0.326 e. The van der Waals surface area contributed by atoms with Gasteiger partial charge in [0.15, 0.2) is 5.78 Å². The van der Waals surface area contributed by atoms with E-state index in [-0.39, 0.29) is 11.5 Å². The fraction of sp³-hybridized carbons (Fsp3) is 0.462. The van der Waals surface area contributed by atoms with E-state index in [0.717, 1.165) is 4.90 Å². The number of aliphatic carboxylic acids is 1. The lowest BCUT2D eigenvalue weighted by molar-refractivity contribution is -0.141. The molecule has 0 radical (unpaired) electrons. The van der Waals surface area contributed by atoms with E-state index >= 15 is 0 Å². The van der Waals surface area contributed by atoms with Gasteiger partial charge in [0, 0.05) is 18.3 Å². The average molecular weight is 266 g/mol. The van der Waals surface area contributed by atoms with Crippen LogP contribution >= 0.6 is 0 Å². The molecule has 1 unspecified atom stereocenters. The highest BCUT2D eigenvalue weighted by Gasteiger charge is 2.27. The highest BCUT2D eigenvalue weighted by molar-refractivity contribution is 6.03. The Hall–Kier alpha value is -2.11. The Labute approximate surface area is 111 Å². The monoisotopic (exact) mass is 266 g/mol. The molecular formula is C13H18N2O4. The fourth-order valence-corrected chi connectivity index (χ4v) is 2.01. The van der Waals surface area contributed by atoms with Gasteiger partial charge < -0.3 is 15.0 Å². The summed E-state index contributed by atoms with van der Waals surface area (Å²) in [5.74, 6) is -1.65. The van der Waals surface area contributed by atoms with E-state index in [1.54, 1.807) is 13.8 Å². The highest BCUT2D eigenvalue weighted by atomic mass is 16.4. The first-order valence-corrected chi connectivity index (χ1v) is 5.88. The summed E-state index contributed by atoms with van der Waals surface area (Å²) in [6.45, 7) is 6.24. The number of hydrogen-bond acceptors (Lipinski definition) is 3. The maximum absolute atomic E-state index is 12.2. The van der Waals surface area contributed by atoms with Crippen molar-refractivity contribution in [2.45, 2.75) is 33.7 Å². The van der Waals surface area contributed by atoms with E-state index < -0.39 is 17.9 Å². The molecule has 1 aromatic heterocycles. The minimum Gasteiger partial charge on any atom is -0.480 e. The molecule has 2 N–H and O–H groups in total. The smallest absolute Gasteiger partial charge is 0.326 e. The van der Waals surface area contributed by atoms with Gasteiger partial charge >= 0.3 is 5.97 Å².